The summed E-state index contributed by atoms with van der Waals surface area (Å²) >= 11 is 0. The summed E-state index contributed by atoms with van der Waals surface area (Å²) < 4.78 is 68.2. The van der Waals surface area contributed by atoms with E-state index in [2.05, 4.69) is 48.5 Å². The maximum Gasteiger partial charge on any atom is 0.472 e. The number of hydrogen-bond acceptors (Lipinski definition) is 15. The van der Waals surface area contributed by atoms with Crippen molar-refractivity contribution in [2.45, 2.75) is 362 Å². The molecule has 17 nitrogen and oxygen atoms in total. The fourth-order valence-electron chi connectivity index (χ4n) is 10.4. The van der Waals surface area contributed by atoms with Gasteiger partial charge in [0.15, 0.2) is 12.2 Å². The van der Waals surface area contributed by atoms with E-state index in [0.29, 0.717) is 25.7 Å². The second-order valence-electron chi connectivity index (χ2n) is 26.3. The number of phosphoric acid groups is 2. The van der Waals surface area contributed by atoms with Gasteiger partial charge in [-0.3, -0.25) is 37.3 Å². The number of ether oxygens (including phenoxy) is 4. The normalized spacial score (nSPS) is 14.2. The molecule has 0 rings (SSSR count). The van der Waals surface area contributed by atoms with Crippen LogP contribution in [0.3, 0.4) is 0 Å². The molecular formula is C69H134O17P2. The third-order valence-corrected chi connectivity index (χ3v) is 17.8. The topological polar surface area (TPSA) is 237 Å². The average molecular weight is 1300 g/mol. The van der Waals surface area contributed by atoms with Gasteiger partial charge in [0.05, 0.1) is 26.4 Å². The van der Waals surface area contributed by atoms with Gasteiger partial charge in [-0.05, 0) is 43.4 Å². The summed E-state index contributed by atoms with van der Waals surface area (Å²) in [6.07, 6.45) is 43.0. The minimum Gasteiger partial charge on any atom is -0.462 e. The van der Waals surface area contributed by atoms with Crippen molar-refractivity contribution in [2.24, 2.45) is 17.8 Å². The molecule has 0 aromatic heterocycles. The van der Waals surface area contributed by atoms with Crippen molar-refractivity contribution in [2.75, 3.05) is 39.6 Å². The molecule has 5 atom stereocenters. The number of rotatable bonds is 67. The molecule has 0 bridgehead atoms. The monoisotopic (exact) mass is 1300 g/mol. The zero-order chi connectivity index (χ0) is 65.2. The Kier molecular flexibility index (Phi) is 58.7. The van der Waals surface area contributed by atoms with E-state index in [9.17, 15) is 43.2 Å². The molecule has 0 aromatic rings. The first-order chi connectivity index (χ1) is 42.2. The van der Waals surface area contributed by atoms with Gasteiger partial charge in [0.25, 0.3) is 0 Å². The smallest absolute Gasteiger partial charge is 0.462 e. The van der Waals surface area contributed by atoms with Crippen LogP contribution in [-0.4, -0.2) is 96.7 Å². The fourth-order valence-corrected chi connectivity index (χ4v) is 11.9. The van der Waals surface area contributed by atoms with Gasteiger partial charge in [-0.15, -0.1) is 0 Å². The van der Waals surface area contributed by atoms with Crippen molar-refractivity contribution in [3.8, 4) is 0 Å². The SMILES string of the molecule is CCCCCCCCCCCC(=O)OC[C@H](COP(=O)(O)OC[C@H](O)COP(=O)(O)OC[C@@H](COC(=O)CCCCCCCCCCCCC(C)C)OC(=O)CCCCCCCCCCCCC(C)C)OC(=O)CCCCCCCCCCCCC(C)C. The summed E-state index contributed by atoms with van der Waals surface area (Å²) in [6, 6.07) is 0. The number of hydrogen-bond donors (Lipinski definition) is 3. The van der Waals surface area contributed by atoms with Crippen LogP contribution in [-0.2, 0) is 65.4 Å². The van der Waals surface area contributed by atoms with Crippen LogP contribution in [0.25, 0.3) is 0 Å². The molecule has 2 unspecified atom stereocenters. The Hall–Kier alpha value is -1.94. The Balaban J connectivity index is 5.25. The maximum absolute atomic E-state index is 13.0. The highest BCUT2D eigenvalue weighted by atomic mass is 31.2. The van der Waals surface area contributed by atoms with Crippen molar-refractivity contribution in [3.05, 3.63) is 0 Å². The molecule has 522 valence electrons. The standard InChI is InChI=1S/C69H134O17P2/c1-8-9-10-11-12-19-29-36-43-50-66(71)79-56-64(85-68(73)52-45-38-31-24-17-14-21-27-34-41-48-61(4)5)58-83-87(75,76)81-54-63(70)55-82-88(77,78)84-59-65(86-69(74)53-46-39-32-25-18-15-22-28-35-42-49-62(6)7)57-80-67(72)51-44-37-30-23-16-13-20-26-33-40-47-60(2)3/h60-65,70H,8-59H2,1-7H3,(H,75,76)(H,77,78)/t63-,64+,65+/m0/s1. The van der Waals surface area contributed by atoms with E-state index in [1.807, 2.05) is 0 Å². The molecule has 0 radical (unpaired) electrons. The van der Waals surface area contributed by atoms with E-state index >= 15 is 0 Å². The Bertz CT molecular complexity index is 1730. The Morgan fingerprint density at radius 1 is 0.307 bits per heavy atom. The first kappa shape index (κ1) is 86.1. The van der Waals surface area contributed by atoms with Crippen LogP contribution < -0.4 is 0 Å². The molecular weight excluding hydrogens is 1160 g/mol. The van der Waals surface area contributed by atoms with E-state index < -0.39 is 97.5 Å². The van der Waals surface area contributed by atoms with Gasteiger partial charge < -0.3 is 33.8 Å². The van der Waals surface area contributed by atoms with Gasteiger partial charge in [0, 0.05) is 25.7 Å². The van der Waals surface area contributed by atoms with Gasteiger partial charge >= 0.3 is 39.5 Å². The van der Waals surface area contributed by atoms with Crippen molar-refractivity contribution in [3.63, 3.8) is 0 Å². The van der Waals surface area contributed by atoms with Crippen LogP contribution in [0.5, 0.6) is 0 Å². The average Bonchev–Trinajstić information content (AvgIpc) is 3.34. The molecule has 0 spiro atoms. The zero-order valence-corrected chi connectivity index (χ0v) is 59.0. The third-order valence-electron chi connectivity index (χ3n) is 15.9. The predicted molar refractivity (Wildman–Crippen MR) is 354 cm³/mol. The summed E-state index contributed by atoms with van der Waals surface area (Å²) in [5.41, 5.74) is 0. The second-order valence-corrected chi connectivity index (χ2v) is 29.3. The lowest BCUT2D eigenvalue weighted by Crippen LogP contribution is -2.30. The van der Waals surface area contributed by atoms with E-state index in [4.69, 9.17) is 37.0 Å². The molecule has 0 aromatic carbocycles. The molecule has 0 aliphatic rings. The Morgan fingerprint density at radius 3 is 0.773 bits per heavy atom. The second kappa shape index (κ2) is 60.0. The van der Waals surface area contributed by atoms with Crippen molar-refractivity contribution in [1.82, 2.24) is 0 Å². The molecule has 0 amide bonds. The third kappa shape index (κ3) is 62.8. The van der Waals surface area contributed by atoms with Gasteiger partial charge in [-0.2, -0.15) is 0 Å². The van der Waals surface area contributed by atoms with Crippen LogP contribution in [0, 0.1) is 17.8 Å². The molecule has 0 saturated heterocycles. The Labute approximate surface area is 537 Å². The molecule has 0 fully saturated rings. The van der Waals surface area contributed by atoms with Gasteiger partial charge in [-0.25, -0.2) is 9.13 Å². The van der Waals surface area contributed by atoms with E-state index in [1.165, 1.54) is 154 Å². The van der Waals surface area contributed by atoms with Crippen LogP contribution in [0.2, 0.25) is 0 Å². The minimum absolute atomic E-state index is 0.105. The number of aliphatic hydroxyl groups is 1. The summed E-state index contributed by atoms with van der Waals surface area (Å²) in [4.78, 5) is 72.5. The molecule has 3 N–H and O–H groups in total. The summed E-state index contributed by atoms with van der Waals surface area (Å²) in [5, 5.41) is 10.6. The summed E-state index contributed by atoms with van der Waals surface area (Å²) in [6.45, 7) is 11.8. The van der Waals surface area contributed by atoms with Gasteiger partial charge in [0.1, 0.15) is 19.3 Å². The van der Waals surface area contributed by atoms with Crippen LogP contribution in [0.1, 0.15) is 344 Å². The number of esters is 4. The number of phosphoric ester groups is 2. The lowest BCUT2D eigenvalue weighted by atomic mass is 10.0. The van der Waals surface area contributed by atoms with Gasteiger partial charge in [0.2, 0.25) is 0 Å². The highest BCUT2D eigenvalue weighted by Gasteiger charge is 2.30. The lowest BCUT2D eigenvalue weighted by Gasteiger charge is -2.21. The molecule has 19 heteroatoms. The van der Waals surface area contributed by atoms with Gasteiger partial charge in [-0.1, -0.05) is 292 Å². The lowest BCUT2D eigenvalue weighted by molar-refractivity contribution is -0.161. The van der Waals surface area contributed by atoms with E-state index in [1.54, 1.807) is 0 Å². The first-order valence-corrected chi connectivity index (χ1v) is 38.8. The quantitative estimate of drug-likeness (QED) is 0.0222. The number of aliphatic hydroxyl groups excluding tert-OH is 1. The van der Waals surface area contributed by atoms with Crippen molar-refractivity contribution in [1.29, 1.82) is 0 Å². The largest absolute Gasteiger partial charge is 0.472 e. The molecule has 0 aliphatic carbocycles. The highest BCUT2D eigenvalue weighted by molar-refractivity contribution is 7.47. The number of carbonyl (C=O) groups excluding carboxylic acids is 4. The van der Waals surface area contributed by atoms with Crippen LogP contribution >= 0.6 is 15.6 Å². The minimum atomic E-state index is -4.95. The maximum atomic E-state index is 13.0. The van der Waals surface area contributed by atoms with Crippen LogP contribution in [0.15, 0.2) is 0 Å². The number of carbonyl (C=O) groups is 4. The molecule has 0 saturated carbocycles. The number of unbranched alkanes of at least 4 members (excludes halogenated alkanes) is 35. The van der Waals surface area contributed by atoms with E-state index in [-0.39, 0.29) is 25.7 Å². The predicted octanol–water partition coefficient (Wildman–Crippen LogP) is 19.5. The van der Waals surface area contributed by atoms with Crippen molar-refractivity contribution < 1.29 is 80.2 Å². The summed E-state index contributed by atoms with van der Waals surface area (Å²) in [7, 11) is -9.90. The Morgan fingerprint density at radius 2 is 0.523 bits per heavy atom. The molecule has 88 heavy (non-hydrogen) atoms. The van der Waals surface area contributed by atoms with Crippen molar-refractivity contribution >= 4 is 39.5 Å². The first-order valence-electron chi connectivity index (χ1n) is 35.8. The molecule has 0 aliphatic heterocycles. The molecule has 0 heterocycles. The summed E-state index contributed by atoms with van der Waals surface area (Å²) in [5.74, 6) is 0.134. The fraction of sp³-hybridized carbons (Fsp3) is 0.942. The van der Waals surface area contributed by atoms with Crippen LogP contribution in [0.4, 0.5) is 0 Å². The zero-order valence-electron chi connectivity index (χ0n) is 57.2. The highest BCUT2D eigenvalue weighted by Crippen LogP contribution is 2.45. The van der Waals surface area contributed by atoms with E-state index in [0.717, 1.165) is 108 Å².